The topological polar surface area (TPSA) is 12.0 Å². The van der Waals surface area contributed by atoms with Crippen molar-refractivity contribution in [3.63, 3.8) is 0 Å². The molecule has 15 heavy (non-hydrogen) atoms. The summed E-state index contributed by atoms with van der Waals surface area (Å²) in [6.45, 7) is 10.8. The molecule has 0 aromatic carbocycles. The van der Waals surface area contributed by atoms with Crippen molar-refractivity contribution in [3.8, 4) is 0 Å². The third kappa shape index (κ3) is 20.1. The molecule has 0 radical (unpaired) electrons. The molecule has 0 saturated heterocycles. The van der Waals surface area contributed by atoms with E-state index in [0.29, 0.717) is 0 Å². The first-order valence-electron chi connectivity index (χ1n) is 7.12. The fraction of sp³-hybridized carbons (Fsp3) is 1.00. The smallest absolute Gasteiger partial charge is 0.00490 e. The van der Waals surface area contributed by atoms with Gasteiger partial charge in [-0.3, -0.25) is 0 Å². The van der Waals surface area contributed by atoms with Crippen molar-refractivity contribution in [2.45, 2.75) is 79.1 Å². The normalized spacial score (nSPS) is 9.60. The van der Waals surface area contributed by atoms with Gasteiger partial charge in [0.1, 0.15) is 0 Å². The summed E-state index contributed by atoms with van der Waals surface area (Å²) >= 11 is 0. The summed E-state index contributed by atoms with van der Waals surface area (Å²) in [4.78, 5) is 0. The quantitative estimate of drug-likeness (QED) is 0.518. The van der Waals surface area contributed by atoms with E-state index in [1.165, 1.54) is 57.9 Å². The Labute approximate surface area is 98.0 Å². The van der Waals surface area contributed by atoms with Gasteiger partial charge in [-0.05, 0) is 19.5 Å². The zero-order valence-corrected chi connectivity index (χ0v) is 11.6. The molecule has 0 heterocycles. The Kier molecular flexibility index (Phi) is 22.6. The van der Waals surface area contributed by atoms with Crippen LogP contribution in [-0.2, 0) is 0 Å². The van der Waals surface area contributed by atoms with Gasteiger partial charge < -0.3 is 5.32 Å². The molecule has 0 aliphatic carbocycles. The predicted molar refractivity (Wildman–Crippen MR) is 72.5 cm³/mol. The highest BCUT2D eigenvalue weighted by Crippen LogP contribution is 2.07. The molecule has 0 fully saturated rings. The van der Waals surface area contributed by atoms with Crippen LogP contribution in [0.1, 0.15) is 79.1 Å². The van der Waals surface area contributed by atoms with Gasteiger partial charge in [0.25, 0.3) is 0 Å². The van der Waals surface area contributed by atoms with Crippen molar-refractivity contribution in [1.29, 1.82) is 0 Å². The molecule has 0 spiro atoms. The lowest BCUT2D eigenvalue weighted by molar-refractivity contribution is 0.560. The minimum Gasteiger partial charge on any atom is -0.317 e. The van der Waals surface area contributed by atoms with Gasteiger partial charge in [0.05, 0.1) is 0 Å². The van der Waals surface area contributed by atoms with Gasteiger partial charge in [-0.15, -0.1) is 0 Å². The molecule has 1 N–H and O–H groups in total. The molecule has 0 aromatic heterocycles. The highest BCUT2D eigenvalue weighted by Gasteiger charge is 1.90. The third-order valence-electron chi connectivity index (χ3n) is 2.46. The second-order valence-corrected chi connectivity index (χ2v) is 3.83. The first-order chi connectivity index (χ1) is 7.41. The van der Waals surface area contributed by atoms with Crippen LogP contribution in [0.3, 0.4) is 0 Å². The van der Waals surface area contributed by atoms with E-state index in [1.54, 1.807) is 0 Å². The summed E-state index contributed by atoms with van der Waals surface area (Å²) in [5.41, 5.74) is 0. The van der Waals surface area contributed by atoms with Crippen LogP contribution in [0.15, 0.2) is 0 Å². The van der Waals surface area contributed by atoms with E-state index in [2.05, 4.69) is 19.2 Å². The van der Waals surface area contributed by atoms with Crippen LogP contribution in [-0.4, -0.2) is 13.1 Å². The first kappa shape index (κ1) is 17.4. The van der Waals surface area contributed by atoms with Crippen molar-refractivity contribution in [2.24, 2.45) is 0 Å². The van der Waals surface area contributed by atoms with Gasteiger partial charge >= 0.3 is 0 Å². The zero-order valence-electron chi connectivity index (χ0n) is 11.6. The maximum Gasteiger partial charge on any atom is -0.00490 e. The largest absolute Gasteiger partial charge is 0.317 e. The van der Waals surface area contributed by atoms with E-state index in [9.17, 15) is 0 Å². The van der Waals surface area contributed by atoms with Gasteiger partial charge in [-0.1, -0.05) is 72.6 Å². The minimum absolute atomic E-state index is 1.12. The molecule has 1 nitrogen and oxygen atoms in total. The Morgan fingerprint density at radius 3 is 1.60 bits per heavy atom. The second-order valence-electron chi connectivity index (χ2n) is 3.83. The van der Waals surface area contributed by atoms with E-state index >= 15 is 0 Å². The van der Waals surface area contributed by atoms with Crippen LogP contribution in [0.4, 0.5) is 0 Å². The zero-order chi connectivity index (χ0) is 11.8. The van der Waals surface area contributed by atoms with Gasteiger partial charge in [0.15, 0.2) is 0 Å². The van der Waals surface area contributed by atoms with Gasteiger partial charge in [0, 0.05) is 0 Å². The van der Waals surface area contributed by atoms with Crippen molar-refractivity contribution >= 4 is 0 Å². The molecular formula is C14H33N. The minimum atomic E-state index is 1.12. The fourth-order valence-corrected chi connectivity index (χ4v) is 1.56. The highest BCUT2D eigenvalue weighted by molar-refractivity contribution is 4.48. The number of nitrogens with one attached hydrogen (secondary N) is 1. The molecule has 0 atom stereocenters. The van der Waals surface area contributed by atoms with Crippen LogP contribution in [0, 0.1) is 0 Å². The van der Waals surface area contributed by atoms with Gasteiger partial charge in [-0.2, -0.15) is 0 Å². The monoisotopic (exact) mass is 215 g/mol. The Morgan fingerprint density at radius 1 is 0.667 bits per heavy atom. The molecule has 0 aliphatic rings. The first-order valence-corrected chi connectivity index (χ1v) is 7.12. The Morgan fingerprint density at radius 2 is 1.13 bits per heavy atom. The van der Waals surface area contributed by atoms with Crippen LogP contribution >= 0.6 is 0 Å². The van der Waals surface area contributed by atoms with Crippen molar-refractivity contribution < 1.29 is 0 Å². The van der Waals surface area contributed by atoms with Crippen LogP contribution in [0.2, 0.25) is 0 Å². The molecule has 1 heteroatoms. The lowest BCUT2D eigenvalue weighted by atomic mass is 10.1. The summed E-state index contributed by atoms with van der Waals surface area (Å²) in [7, 11) is 0. The van der Waals surface area contributed by atoms with Gasteiger partial charge in [0.2, 0.25) is 0 Å². The SMILES string of the molecule is CC.CCCCCCCCCCNCC. The fourth-order valence-electron chi connectivity index (χ4n) is 1.56. The molecule has 0 unspecified atom stereocenters. The molecule has 0 bridgehead atoms. The summed E-state index contributed by atoms with van der Waals surface area (Å²) in [5.74, 6) is 0. The van der Waals surface area contributed by atoms with Crippen molar-refractivity contribution in [2.75, 3.05) is 13.1 Å². The Hall–Kier alpha value is -0.0400. The van der Waals surface area contributed by atoms with Crippen LogP contribution < -0.4 is 5.32 Å². The van der Waals surface area contributed by atoms with E-state index in [-0.39, 0.29) is 0 Å². The van der Waals surface area contributed by atoms with Crippen LogP contribution in [0.25, 0.3) is 0 Å². The predicted octanol–water partition coefficient (Wildman–Crippen LogP) is 4.76. The van der Waals surface area contributed by atoms with E-state index < -0.39 is 0 Å². The van der Waals surface area contributed by atoms with E-state index in [1.807, 2.05) is 13.8 Å². The van der Waals surface area contributed by atoms with Crippen LogP contribution in [0.5, 0.6) is 0 Å². The highest BCUT2D eigenvalue weighted by atomic mass is 14.8. The standard InChI is InChI=1S/C12H27N.C2H6/c1-3-5-6-7-8-9-10-11-12-13-4-2;1-2/h13H,3-12H2,1-2H3;1-2H3. The van der Waals surface area contributed by atoms with Crippen molar-refractivity contribution in [3.05, 3.63) is 0 Å². The van der Waals surface area contributed by atoms with E-state index in [4.69, 9.17) is 0 Å². The molecule has 94 valence electrons. The summed E-state index contributed by atoms with van der Waals surface area (Å²) in [5, 5.41) is 3.36. The molecule has 0 aliphatic heterocycles. The maximum atomic E-state index is 3.36. The summed E-state index contributed by atoms with van der Waals surface area (Å²) in [6, 6.07) is 0. The average molecular weight is 215 g/mol. The molecule has 0 saturated carbocycles. The Balaban J connectivity index is 0. The number of unbranched alkanes of at least 4 members (excludes halogenated alkanes) is 7. The molecule has 0 aromatic rings. The average Bonchev–Trinajstić information content (AvgIpc) is 2.30. The molecule has 0 amide bonds. The number of hydrogen-bond acceptors (Lipinski definition) is 1. The van der Waals surface area contributed by atoms with Gasteiger partial charge in [-0.25, -0.2) is 0 Å². The van der Waals surface area contributed by atoms with E-state index in [0.717, 1.165) is 6.54 Å². The Bertz CT molecular complexity index is 71.4. The van der Waals surface area contributed by atoms with Crippen molar-refractivity contribution in [1.82, 2.24) is 5.32 Å². The molecule has 0 rings (SSSR count). The molecular weight excluding hydrogens is 182 g/mol. The summed E-state index contributed by atoms with van der Waals surface area (Å²) in [6.07, 6.45) is 11.4. The maximum absolute atomic E-state index is 3.36. The third-order valence-corrected chi connectivity index (χ3v) is 2.46. The summed E-state index contributed by atoms with van der Waals surface area (Å²) < 4.78 is 0. The number of rotatable bonds is 10. The lowest BCUT2D eigenvalue weighted by Crippen LogP contribution is -2.13. The second kappa shape index (κ2) is 19.5. The lowest BCUT2D eigenvalue weighted by Gasteiger charge is -2.01. The number of hydrogen-bond donors (Lipinski definition) is 1.